The van der Waals surface area contributed by atoms with E-state index in [2.05, 4.69) is 155 Å². The normalized spacial score (nSPS) is 12.8. The summed E-state index contributed by atoms with van der Waals surface area (Å²) in [6.45, 7) is 0. The zero-order valence-electron chi connectivity index (χ0n) is 24.1. The van der Waals surface area contributed by atoms with Crippen molar-refractivity contribution in [3.05, 3.63) is 146 Å². The molecule has 0 N–H and O–H groups in total. The molecular formula is C39H24N5Si. The summed E-state index contributed by atoms with van der Waals surface area (Å²) < 4.78 is 4.42. The molecule has 0 saturated carbocycles. The van der Waals surface area contributed by atoms with Crippen LogP contribution in [-0.4, -0.2) is 32.9 Å². The fraction of sp³-hybridized carbons (Fsp3) is 0. The summed E-state index contributed by atoms with van der Waals surface area (Å²) in [6.07, 6.45) is 0. The van der Waals surface area contributed by atoms with Gasteiger partial charge in [0.2, 0.25) is 20.7 Å². The van der Waals surface area contributed by atoms with Gasteiger partial charge < -0.3 is 0 Å². The minimum absolute atomic E-state index is 0.633. The van der Waals surface area contributed by atoms with Crippen LogP contribution < -0.4 is 15.8 Å². The molecule has 0 fully saturated rings. The molecule has 0 atom stereocenters. The Bertz CT molecular complexity index is 2350. The van der Waals surface area contributed by atoms with Gasteiger partial charge in [-0.2, -0.15) is 4.98 Å². The Hall–Kier alpha value is -5.85. The predicted octanol–water partition coefficient (Wildman–Crippen LogP) is 6.56. The van der Waals surface area contributed by atoms with Gasteiger partial charge in [0.1, 0.15) is 5.45 Å². The lowest BCUT2D eigenvalue weighted by atomic mass is 10.1. The maximum atomic E-state index is 5.40. The van der Waals surface area contributed by atoms with Crippen LogP contribution in [0.5, 0.6) is 0 Å². The number of nitrogens with zero attached hydrogens (tertiary/aromatic N) is 5. The van der Waals surface area contributed by atoms with Crippen molar-refractivity contribution < 1.29 is 0 Å². The van der Waals surface area contributed by atoms with Gasteiger partial charge in [0.05, 0.1) is 22.1 Å². The van der Waals surface area contributed by atoms with Crippen LogP contribution >= 0.6 is 0 Å². The Labute approximate surface area is 260 Å². The monoisotopic (exact) mass is 590 g/mol. The topological polar surface area (TPSA) is 48.5 Å². The van der Waals surface area contributed by atoms with Gasteiger partial charge in [0.15, 0.2) is 0 Å². The van der Waals surface area contributed by atoms with Gasteiger partial charge in [0.25, 0.3) is 0 Å². The molecule has 0 saturated heterocycles. The molecule has 1 radical (unpaired) electrons. The Morgan fingerprint density at radius 2 is 0.689 bits per heavy atom. The summed E-state index contributed by atoms with van der Waals surface area (Å²) >= 11 is 0. The number of hydrogen-bond donors (Lipinski definition) is 0. The van der Waals surface area contributed by atoms with Crippen molar-refractivity contribution in [3.8, 4) is 23.0 Å². The van der Waals surface area contributed by atoms with E-state index in [1.54, 1.807) is 0 Å². The zero-order chi connectivity index (χ0) is 29.5. The van der Waals surface area contributed by atoms with Crippen molar-refractivity contribution in [1.29, 1.82) is 0 Å². The molecule has 1 aliphatic rings. The van der Waals surface area contributed by atoms with Crippen LogP contribution in [0.15, 0.2) is 146 Å². The van der Waals surface area contributed by atoms with Gasteiger partial charge >= 0.3 is 0 Å². The molecule has 0 aliphatic carbocycles. The SMILES string of the molecule is c1ccc2c(c1)-c1ccccc1[Si]2c1nc(-n2c3ccccc3c3ccccc32)nc(-n2c3ccccc3c3ccccc32)n1. The fourth-order valence-electron chi connectivity index (χ4n) is 7.20. The number of rotatable bonds is 3. The highest BCUT2D eigenvalue weighted by atomic mass is 28.3. The summed E-state index contributed by atoms with van der Waals surface area (Å²) in [6, 6.07) is 51.6. The summed E-state index contributed by atoms with van der Waals surface area (Å²) in [7, 11) is -1.53. The Balaban J connectivity index is 1.34. The third-order valence-electron chi connectivity index (χ3n) is 9.08. The van der Waals surface area contributed by atoms with Gasteiger partial charge in [-0.3, -0.25) is 9.13 Å². The molecule has 0 amide bonds. The minimum atomic E-state index is -1.53. The molecule has 0 unspecified atom stereocenters. The number of aromatic nitrogens is 5. The Morgan fingerprint density at radius 1 is 0.356 bits per heavy atom. The third-order valence-corrected chi connectivity index (χ3v) is 11.7. The molecule has 209 valence electrons. The number of para-hydroxylation sites is 4. The first-order valence-electron chi connectivity index (χ1n) is 15.1. The second-order valence-electron chi connectivity index (χ2n) is 11.5. The van der Waals surface area contributed by atoms with E-state index in [1.165, 1.54) is 43.0 Å². The van der Waals surface area contributed by atoms with E-state index in [1.807, 2.05) is 0 Å². The molecule has 0 bridgehead atoms. The number of hydrogen-bond acceptors (Lipinski definition) is 3. The second-order valence-corrected chi connectivity index (χ2v) is 13.7. The Morgan fingerprint density at radius 3 is 1.09 bits per heavy atom. The molecular weight excluding hydrogens is 567 g/mol. The molecule has 3 aromatic heterocycles. The van der Waals surface area contributed by atoms with Crippen LogP contribution in [0.4, 0.5) is 0 Å². The molecule has 6 aromatic carbocycles. The van der Waals surface area contributed by atoms with E-state index in [0.29, 0.717) is 11.9 Å². The summed E-state index contributed by atoms with van der Waals surface area (Å²) in [5.41, 5.74) is 7.70. The van der Waals surface area contributed by atoms with Gasteiger partial charge in [-0.25, -0.2) is 9.97 Å². The highest BCUT2D eigenvalue weighted by Gasteiger charge is 2.35. The highest BCUT2D eigenvalue weighted by Crippen LogP contribution is 2.33. The molecule has 6 heteroatoms. The average Bonchev–Trinajstić information content (AvgIpc) is 3.74. The molecule has 45 heavy (non-hydrogen) atoms. The lowest BCUT2D eigenvalue weighted by molar-refractivity contribution is 0.905. The van der Waals surface area contributed by atoms with Crippen molar-refractivity contribution in [2.45, 2.75) is 0 Å². The summed E-state index contributed by atoms with van der Waals surface area (Å²) in [4.78, 5) is 16.1. The van der Waals surface area contributed by atoms with Crippen molar-refractivity contribution in [2.75, 3.05) is 0 Å². The van der Waals surface area contributed by atoms with Crippen LogP contribution in [0.1, 0.15) is 0 Å². The fourth-order valence-corrected chi connectivity index (χ4v) is 9.90. The number of fused-ring (bicyclic) bond motifs is 9. The standard InChI is InChI=1S/C39H24N5Si/c1-7-19-31-25(13-1)26-14-2-8-20-32(26)43(31)37-40-38(44-33-21-9-3-15-27(33)28-16-4-10-22-34(28)44)42-39(41-37)45-35-23-11-5-17-29(35)30-18-6-12-24-36(30)45/h1-24H. The molecule has 5 nitrogen and oxygen atoms in total. The van der Waals surface area contributed by atoms with E-state index >= 15 is 0 Å². The lowest BCUT2D eigenvalue weighted by Gasteiger charge is -2.15. The van der Waals surface area contributed by atoms with E-state index in [0.717, 1.165) is 27.5 Å². The van der Waals surface area contributed by atoms with Crippen LogP contribution in [0.2, 0.25) is 0 Å². The van der Waals surface area contributed by atoms with E-state index < -0.39 is 8.80 Å². The first-order chi connectivity index (χ1) is 22.3. The van der Waals surface area contributed by atoms with E-state index in [9.17, 15) is 0 Å². The summed E-state index contributed by atoms with van der Waals surface area (Å²) in [5, 5.41) is 7.35. The molecule has 4 heterocycles. The van der Waals surface area contributed by atoms with Gasteiger partial charge in [-0.05, 0) is 45.8 Å². The Kier molecular flexibility index (Phi) is 5.09. The van der Waals surface area contributed by atoms with Crippen LogP contribution in [0.3, 0.4) is 0 Å². The van der Waals surface area contributed by atoms with Crippen molar-refractivity contribution in [2.24, 2.45) is 0 Å². The maximum Gasteiger partial charge on any atom is 0.239 e. The quantitative estimate of drug-likeness (QED) is 0.219. The molecule has 0 spiro atoms. The molecule has 1 aliphatic heterocycles. The van der Waals surface area contributed by atoms with Crippen LogP contribution in [0.25, 0.3) is 66.6 Å². The van der Waals surface area contributed by atoms with Gasteiger partial charge in [0, 0.05) is 21.5 Å². The first-order valence-corrected chi connectivity index (χ1v) is 16.6. The van der Waals surface area contributed by atoms with Crippen molar-refractivity contribution in [3.63, 3.8) is 0 Å². The largest absolute Gasteiger partial charge is 0.278 e. The average molecular weight is 591 g/mol. The highest BCUT2D eigenvalue weighted by molar-refractivity contribution is 6.98. The van der Waals surface area contributed by atoms with E-state index in [4.69, 9.17) is 15.0 Å². The minimum Gasteiger partial charge on any atom is -0.278 e. The van der Waals surface area contributed by atoms with Gasteiger partial charge in [-0.1, -0.05) is 121 Å². The second kappa shape index (κ2) is 9.32. The van der Waals surface area contributed by atoms with Gasteiger partial charge in [-0.15, -0.1) is 0 Å². The third kappa shape index (κ3) is 3.45. The first kappa shape index (κ1) is 24.6. The predicted molar refractivity (Wildman–Crippen MR) is 185 cm³/mol. The zero-order valence-corrected chi connectivity index (χ0v) is 25.1. The lowest BCUT2D eigenvalue weighted by Crippen LogP contribution is -2.52. The molecule has 10 rings (SSSR count). The number of benzene rings is 6. The van der Waals surface area contributed by atoms with Crippen LogP contribution in [-0.2, 0) is 0 Å². The maximum absolute atomic E-state index is 5.40. The van der Waals surface area contributed by atoms with E-state index in [-0.39, 0.29) is 0 Å². The smallest absolute Gasteiger partial charge is 0.239 e. The van der Waals surface area contributed by atoms with Crippen molar-refractivity contribution in [1.82, 2.24) is 24.1 Å². The van der Waals surface area contributed by atoms with Crippen LogP contribution in [0, 0.1) is 0 Å². The molecule has 9 aromatic rings. The van der Waals surface area contributed by atoms with Crippen molar-refractivity contribution >= 4 is 68.2 Å². The summed E-state index contributed by atoms with van der Waals surface area (Å²) in [5.74, 6) is 1.27.